The predicted molar refractivity (Wildman–Crippen MR) is 89.7 cm³/mol. The summed E-state index contributed by atoms with van der Waals surface area (Å²) in [6.45, 7) is 4.11. The van der Waals surface area contributed by atoms with Gasteiger partial charge < -0.3 is 0 Å². The third-order valence-electron chi connectivity index (χ3n) is 3.39. The fraction of sp³-hybridized carbons (Fsp3) is 0.200. The lowest BCUT2D eigenvalue weighted by molar-refractivity contribution is 1.000. The van der Waals surface area contributed by atoms with Gasteiger partial charge in [-0.05, 0) is 48.9 Å². The largest absolute Gasteiger partial charge is 0.0917 e. The Balaban J connectivity index is 2.09. The molecule has 0 unspecified atom stereocenters. The van der Waals surface area contributed by atoms with Gasteiger partial charge in [-0.3, -0.25) is 0 Å². The highest BCUT2D eigenvalue weighted by Gasteiger charge is 1.98. The zero-order chi connectivity index (χ0) is 14.2. The molecule has 0 aromatic heterocycles. The van der Waals surface area contributed by atoms with Gasteiger partial charge in [-0.1, -0.05) is 72.8 Å². The molecule has 0 aliphatic rings. The second-order valence-corrected chi connectivity index (χ2v) is 4.93. The third kappa shape index (κ3) is 3.96. The Labute approximate surface area is 122 Å². The van der Waals surface area contributed by atoms with E-state index < -0.39 is 0 Å². The van der Waals surface area contributed by atoms with Gasteiger partial charge in [0.05, 0.1) is 0 Å². The molecule has 0 fully saturated rings. The Kier molecular flexibility index (Phi) is 5.37. The van der Waals surface area contributed by atoms with E-state index in [0.717, 1.165) is 12.8 Å². The van der Waals surface area contributed by atoms with Crippen LogP contribution in [0.3, 0.4) is 0 Å². The summed E-state index contributed by atoms with van der Waals surface area (Å²) < 4.78 is 0. The highest BCUT2D eigenvalue weighted by molar-refractivity contribution is 5.65. The smallest absolute Gasteiger partial charge is 0.0184 e. The van der Waals surface area contributed by atoms with Crippen LogP contribution >= 0.6 is 0 Å². The zero-order valence-electron chi connectivity index (χ0n) is 12.3. The Morgan fingerprint density at radius 2 is 1.35 bits per heavy atom. The van der Waals surface area contributed by atoms with E-state index in [9.17, 15) is 0 Å². The number of aryl methyl sites for hydroxylation is 1. The first-order chi connectivity index (χ1) is 9.83. The van der Waals surface area contributed by atoms with Gasteiger partial charge in [-0.2, -0.15) is 0 Å². The van der Waals surface area contributed by atoms with Crippen molar-refractivity contribution in [1.82, 2.24) is 0 Å². The molecule has 0 atom stereocenters. The topological polar surface area (TPSA) is 0 Å². The van der Waals surface area contributed by atoms with E-state index in [1.54, 1.807) is 0 Å². The lowest BCUT2D eigenvalue weighted by Crippen LogP contribution is -1.84. The maximum atomic E-state index is 2.23. The van der Waals surface area contributed by atoms with E-state index in [1.807, 2.05) is 6.92 Å². The molecule has 0 radical (unpaired) electrons. The van der Waals surface area contributed by atoms with Crippen LogP contribution in [-0.2, 0) is 6.42 Å². The minimum absolute atomic E-state index is 1.12. The molecular weight excluding hydrogens is 240 g/mol. The van der Waals surface area contributed by atoms with Crippen molar-refractivity contribution in [2.24, 2.45) is 0 Å². The highest BCUT2D eigenvalue weighted by atomic mass is 14.0. The molecule has 2 rings (SSSR count). The summed E-state index contributed by atoms with van der Waals surface area (Å²) in [4.78, 5) is 0. The van der Waals surface area contributed by atoms with Crippen molar-refractivity contribution in [3.05, 3.63) is 77.9 Å². The average molecular weight is 262 g/mol. The van der Waals surface area contributed by atoms with E-state index in [0.29, 0.717) is 0 Å². The molecule has 102 valence electrons. The van der Waals surface area contributed by atoms with Gasteiger partial charge in [-0.25, -0.2) is 0 Å². The normalized spacial score (nSPS) is 11.5. The van der Waals surface area contributed by atoms with Crippen molar-refractivity contribution >= 4 is 6.08 Å². The molecule has 0 saturated carbocycles. The monoisotopic (exact) mass is 262 g/mol. The molecule has 2 aromatic carbocycles. The first kappa shape index (κ1) is 14.3. The van der Waals surface area contributed by atoms with Crippen LogP contribution in [0.15, 0.2) is 66.8 Å². The van der Waals surface area contributed by atoms with E-state index in [1.165, 1.54) is 22.3 Å². The fourth-order valence-electron chi connectivity index (χ4n) is 2.26. The minimum atomic E-state index is 1.12. The zero-order valence-corrected chi connectivity index (χ0v) is 12.3. The van der Waals surface area contributed by atoms with Crippen molar-refractivity contribution in [3.63, 3.8) is 0 Å². The van der Waals surface area contributed by atoms with Crippen molar-refractivity contribution in [2.75, 3.05) is 0 Å². The van der Waals surface area contributed by atoms with Crippen LogP contribution in [-0.4, -0.2) is 0 Å². The van der Waals surface area contributed by atoms with Crippen LogP contribution in [0.4, 0.5) is 0 Å². The number of benzene rings is 2. The number of hydrogen-bond donors (Lipinski definition) is 0. The van der Waals surface area contributed by atoms with Crippen molar-refractivity contribution in [1.29, 1.82) is 0 Å². The molecular formula is C20H22. The number of rotatable bonds is 5. The molecule has 20 heavy (non-hydrogen) atoms. The summed E-state index contributed by atoms with van der Waals surface area (Å²) in [5.74, 6) is 0. The quantitative estimate of drug-likeness (QED) is 0.589. The summed E-state index contributed by atoms with van der Waals surface area (Å²) in [5.41, 5.74) is 5.21. The number of allylic oxidation sites excluding steroid dienone is 3. The van der Waals surface area contributed by atoms with Crippen LogP contribution in [0.5, 0.6) is 0 Å². The molecule has 0 bridgehead atoms. The fourth-order valence-corrected chi connectivity index (χ4v) is 2.26. The summed E-state index contributed by atoms with van der Waals surface area (Å²) in [6.07, 6.45) is 10.7. The molecule has 0 heteroatoms. The van der Waals surface area contributed by atoms with E-state index in [2.05, 4.69) is 79.8 Å². The van der Waals surface area contributed by atoms with Gasteiger partial charge in [0.15, 0.2) is 0 Å². The van der Waals surface area contributed by atoms with Gasteiger partial charge in [0.2, 0.25) is 0 Å². The van der Waals surface area contributed by atoms with Crippen LogP contribution in [0.1, 0.15) is 31.4 Å². The van der Waals surface area contributed by atoms with Crippen molar-refractivity contribution in [3.8, 4) is 11.1 Å². The standard InChI is InChI=1S/C20H22/c1-3-5-6-8-18-11-15-20(16-12-18)19-13-9-17(7-4-2)10-14-19/h3-5,7,9-16H,6,8H2,1-2H3/b5-3+,7-4+. The molecule has 2 aromatic rings. The molecule has 0 amide bonds. The van der Waals surface area contributed by atoms with Crippen LogP contribution in [0, 0.1) is 0 Å². The van der Waals surface area contributed by atoms with E-state index in [-0.39, 0.29) is 0 Å². The molecule has 0 aliphatic carbocycles. The Hall–Kier alpha value is -2.08. The first-order valence-corrected chi connectivity index (χ1v) is 7.26. The third-order valence-corrected chi connectivity index (χ3v) is 3.39. The van der Waals surface area contributed by atoms with Gasteiger partial charge in [0, 0.05) is 0 Å². The molecule has 0 aliphatic heterocycles. The highest BCUT2D eigenvalue weighted by Crippen LogP contribution is 2.21. The summed E-state index contributed by atoms with van der Waals surface area (Å²) in [6, 6.07) is 17.6. The Morgan fingerprint density at radius 3 is 1.90 bits per heavy atom. The van der Waals surface area contributed by atoms with Crippen LogP contribution in [0.25, 0.3) is 17.2 Å². The van der Waals surface area contributed by atoms with Gasteiger partial charge in [-0.15, -0.1) is 0 Å². The Bertz CT molecular complexity index is 568. The summed E-state index contributed by atoms with van der Waals surface area (Å²) in [7, 11) is 0. The minimum Gasteiger partial charge on any atom is -0.0917 e. The molecule has 0 saturated heterocycles. The predicted octanol–water partition coefficient (Wildman–Crippen LogP) is 5.90. The number of hydrogen-bond acceptors (Lipinski definition) is 0. The van der Waals surface area contributed by atoms with Gasteiger partial charge in [0.25, 0.3) is 0 Å². The molecule has 0 nitrogen and oxygen atoms in total. The SMILES string of the molecule is C/C=C/CCc1ccc(-c2ccc(/C=C/C)cc2)cc1. The van der Waals surface area contributed by atoms with E-state index in [4.69, 9.17) is 0 Å². The van der Waals surface area contributed by atoms with Gasteiger partial charge in [0.1, 0.15) is 0 Å². The van der Waals surface area contributed by atoms with Crippen LogP contribution < -0.4 is 0 Å². The molecule has 0 N–H and O–H groups in total. The Morgan fingerprint density at radius 1 is 0.750 bits per heavy atom. The second kappa shape index (κ2) is 7.49. The lowest BCUT2D eigenvalue weighted by atomic mass is 10.0. The van der Waals surface area contributed by atoms with Crippen molar-refractivity contribution < 1.29 is 0 Å². The average Bonchev–Trinajstić information content (AvgIpc) is 2.49. The maximum Gasteiger partial charge on any atom is -0.0184 e. The second-order valence-electron chi connectivity index (χ2n) is 4.93. The summed E-state index contributed by atoms with van der Waals surface area (Å²) in [5, 5.41) is 0. The summed E-state index contributed by atoms with van der Waals surface area (Å²) >= 11 is 0. The van der Waals surface area contributed by atoms with Crippen molar-refractivity contribution in [2.45, 2.75) is 26.7 Å². The molecule has 0 spiro atoms. The maximum absolute atomic E-state index is 2.23. The van der Waals surface area contributed by atoms with Crippen LogP contribution in [0.2, 0.25) is 0 Å². The van der Waals surface area contributed by atoms with E-state index >= 15 is 0 Å². The molecule has 0 heterocycles. The first-order valence-electron chi connectivity index (χ1n) is 7.26. The van der Waals surface area contributed by atoms with Gasteiger partial charge >= 0.3 is 0 Å². The lowest BCUT2D eigenvalue weighted by Gasteiger charge is -2.04.